The minimum Gasteiger partial charge on any atom is -0.464 e. The van der Waals surface area contributed by atoms with E-state index in [1.54, 1.807) is 11.8 Å². The van der Waals surface area contributed by atoms with Crippen LogP contribution in [0.1, 0.15) is 40.0 Å². The maximum absolute atomic E-state index is 12.7. The second kappa shape index (κ2) is 7.57. The fraction of sp³-hybridized carbons (Fsp3) is 0.786. The quantitative estimate of drug-likeness (QED) is 0.615. The predicted octanol–water partition coefficient (Wildman–Crippen LogP) is 1.49. The molecule has 2 atom stereocenters. The summed E-state index contributed by atoms with van der Waals surface area (Å²) >= 11 is 5.01. The fourth-order valence-corrected chi connectivity index (χ4v) is 2.97. The Kier molecular flexibility index (Phi) is 6.39. The van der Waals surface area contributed by atoms with E-state index >= 15 is 0 Å². The number of esters is 1. The Morgan fingerprint density at radius 1 is 1.40 bits per heavy atom. The lowest BCUT2D eigenvalue weighted by atomic mass is 9.91. The second-order valence-electron chi connectivity index (χ2n) is 5.42. The molecule has 1 saturated heterocycles. The number of ether oxygens (including phenoxy) is 1. The van der Waals surface area contributed by atoms with Gasteiger partial charge in [-0.15, -0.1) is 0 Å². The summed E-state index contributed by atoms with van der Waals surface area (Å²) in [6.07, 6.45) is 2.46. The summed E-state index contributed by atoms with van der Waals surface area (Å²) in [4.78, 5) is 26.4. The van der Waals surface area contributed by atoms with Crippen LogP contribution >= 0.6 is 12.2 Å². The van der Waals surface area contributed by atoms with E-state index < -0.39 is 12.0 Å². The Morgan fingerprint density at radius 3 is 2.55 bits per heavy atom. The molecule has 6 heteroatoms. The molecule has 0 bridgehead atoms. The van der Waals surface area contributed by atoms with Gasteiger partial charge in [-0.2, -0.15) is 0 Å². The number of hydrogen-bond donors (Lipinski definition) is 1. The molecule has 0 radical (unpaired) electrons. The number of piperidine rings is 1. The molecule has 2 N–H and O–H groups in total. The molecular formula is C14H24N2O3S. The van der Waals surface area contributed by atoms with Crippen molar-refractivity contribution in [3.63, 3.8) is 0 Å². The number of rotatable bonds is 5. The molecule has 0 aromatic carbocycles. The Hall–Kier alpha value is -1.17. The zero-order valence-corrected chi connectivity index (χ0v) is 13.2. The van der Waals surface area contributed by atoms with Crippen molar-refractivity contribution in [2.24, 2.45) is 17.6 Å². The number of carbonyl (C=O) groups excluding carboxylic acids is 2. The number of thiocarbonyl (C=S) groups is 1. The molecule has 0 aliphatic carbocycles. The summed E-state index contributed by atoms with van der Waals surface area (Å²) in [5.41, 5.74) is 5.69. The van der Waals surface area contributed by atoms with Gasteiger partial charge in [0.2, 0.25) is 5.91 Å². The lowest BCUT2D eigenvalue weighted by Crippen LogP contribution is -2.53. The van der Waals surface area contributed by atoms with Crippen LogP contribution in [0.5, 0.6) is 0 Å². The van der Waals surface area contributed by atoms with Crippen molar-refractivity contribution in [1.82, 2.24) is 4.90 Å². The van der Waals surface area contributed by atoms with Crippen molar-refractivity contribution in [2.75, 3.05) is 13.2 Å². The van der Waals surface area contributed by atoms with Crippen LogP contribution in [-0.4, -0.2) is 41.0 Å². The zero-order valence-electron chi connectivity index (χ0n) is 12.4. The van der Waals surface area contributed by atoms with Gasteiger partial charge in [0.15, 0.2) is 0 Å². The fourth-order valence-electron chi connectivity index (χ4n) is 2.59. The van der Waals surface area contributed by atoms with Crippen molar-refractivity contribution < 1.29 is 14.3 Å². The minimum absolute atomic E-state index is 0.0183. The molecule has 20 heavy (non-hydrogen) atoms. The summed E-state index contributed by atoms with van der Waals surface area (Å²) in [5, 5.41) is 0. The van der Waals surface area contributed by atoms with E-state index in [1.165, 1.54) is 0 Å². The first-order valence-electron chi connectivity index (χ1n) is 7.16. The normalized spacial score (nSPS) is 20.6. The monoisotopic (exact) mass is 300 g/mol. The first-order chi connectivity index (χ1) is 9.40. The molecule has 0 spiro atoms. The van der Waals surface area contributed by atoms with Gasteiger partial charge in [0, 0.05) is 6.54 Å². The summed E-state index contributed by atoms with van der Waals surface area (Å²) in [7, 11) is 0. The highest BCUT2D eigenvalue weighted by Crippen LogP contribution is 2.23. The number of nitrogens with two attached hydrogens (primary N) is 1. The molecule has 1 rings (SSSR count). The van der Waals surface area contributed by atoms with Crippen molar-refractivity contribution in [1.29, 1.82) is 0 Å². The number of nitrogens with zero attached hydrogens (tertiary/aromatic N) is 1. The Labute approximate surface area is 125 Å². The Morgan fingerprint density at radius 2 is 2.05 bits per heavy atom. The summed E-state index contributed by atoms with van der Waals surface area (Å²) in [5.74, 6) is -0.971. The van der Waals surface area contributed by atoms with Gasteiger partial charge >= 0.3 is 5.97 Å². The topological polar surface area (TPSA) is 72.6 Å². The molecule has 0 saturated carbocycles. The minimum atomic E-state index is -0.514. The lowest BCUT2D eigenvalue weighted by molar-refractivity contribution is -0.157. The van der Waals surface area contributed by atoms with Gasteiger partial charge in [-0.05, 0) is 32.1 Å². The number of likely N-dealkylation sites (tertiary alicyclic amines) is 1. The van der Waals surface area contributed by atoms with Crippen LogP contribution < -0.4 is 5.73 Å². The Balaban J connectivity index is 2.91. The van der Waals surface area contributed by atoms with Gasteiger partial charge in [-0.3, -0.25) is 4.79 Å². The molecule has 0 aromatic rings. The third-order valence-corrected chi connectivity index (χ3v) is 3.84. The second-order valence-corrected chi connectivity index (χ2v) is 5.89. The van der Waals surface area contributed by atoms with Gasteiger partial charge in [-0.1, -0.05) is 26.1 Å². The Bertz CT molecular complexity index is 385. The number of amides is 1. The highest BCUT2D eigenvalue weighted by atomic mass is 32.1. The van der Waals surface area contributed by atoms with Crippen LogP contribution in [0.2, 0.25) is 0 Å². The molecule has 0 aromatic heterocycles. The summed E-state index contributed by atoms with van der Waals surface area (Å²) in [6.45, 7) is 6.46. The van der Waals surface area contributed by atoms with Crippen LogP contribution in [0.3, 0.4) is 0 Å². The van der Waals surface area contributed by atoms with Crippen molar-refractivity contribution >= 4 is 29.1 Å². The standard InChI is InChI=1S/C14H24N2O3S/c1-4-19-14(18)10-7-5-6-8-16(10)13(17)11(9(2)3)12(15)20/h9-11H,4-8H2,1-3H3,(H2,15,20). The number of hydrogen-bond acceptors (Lipinski definition) is 4. The maximum atomic E-state index is 12.7. The lowest BCUT2D eigenvalue weighted by Gasteiger charge is -2.36. The van der Waals surface area contributed by atoms with Crippen molar-refractivity contribution in [3.05, 3.63) is 0 Å². The molecule has 1 heterocycles. The molecule has 114 valence electrons. The molecular weight excluding hydrogens is 276 g/mol. The third kappa shape index (κ3) is 3.91. The van der Waals surface area contributed by atoms with E-state index in [4.69, 9.17) is 22.7 Å². The van der Waals surface area contributed by atoms with E-state index in [2.05, 4.69) is 0 Å². The van der Waals surface area contributed by atoms with Crippen LogP contribution in [0.15, 0.2) is 0 Å². The molecule has 2 unspecified atom stereocenters. The van der Waals surface area contributed by atoms with E-state index in [0.717, 1.165) is 12.8 Å². The molecule has 5 nitrogen and oxygen atoms in total. The predicted molar refractivity (Wildman–Crippen MR) is 81.1 cm³/mol. The first kappa shape index (κ1) is 16.9. The molecule has 1 fully saturated rings. The van der Waals surface area contributed by atoms with Crippen molar-refractivity contribution in [3.8, 4) is 0 Å². The summed E-state index contributed by atoms with van der Waals surface area (Å²) in [6, 6.07) is -0.494. The van der Waals surface area contributed by atoms with E-state index in [1.807, 2.05) is 13.8 Å². The van der Waals surface area contributed by atoms with E-state index in [9.17, 15) is 9.59 Å². The zero-order chi connectivity index (χ0) is 15.3. The SMILES string of the molecule is CCOC(=O)C1CCCCN1C(=O)C(C(N)=S)C(C)C. The van der Waals surface area contributed by atoms with Crippen LogP contribution in [0, 0.1) is 11.8 Å². The molecule has 1 amide bonds. The third-order valence-electron chi connectivity index (χ3n) is 3.58. The highest BCUT2D eigenvalue weighted by molar-refractivity contribution is 7.80. The van der Waals surface area contributed by atoms with Crippen molar-refractivity contribution in [2.45, 2.75) is 46.1 Å². The van der Waals surface area contributed by atoms with Gasteiger partial charge in [0.05, 0.1) is 17.5 Å². The smallest absolute Gasteiger partial charge is 0.328 e. The van der Waals surface area contributed by atoms with Crippen LogP contribution in [0.4, 0.5) is 0 Å². The largest absolute Gasteiger partial charge is 0.464 e. The number of carbonyl (C=O) groups is 2. The van der Waals surface area contributed by atoms with E-state index in [0.29, 0.717) is 19.6 Å². The van der Waals surface area contributed by atoms with Gasteiger partial charge < -0.3 is 15.4 Å². The van der Waals surface area contributed by atoms with E-state index in [-0.39, 0.29) is 22.8 Å². The maximum Gasteiger partial charge on any atom is 0.328 e. The van der Waals surface area contributed by atoms with Crippen LogP contribution in [-0.2, 0) is 14.3 Å². The van der Waals surface area contributed by atoms with Gasteiger partial charge in [0.1, 0.15) is 6.04 Å². The van der Waals surface area contributed by atoms with Gasteiger partial charge in [0.25, 0.3) is 0 Å². The average molecular weight is 300 g/mol. The average Bonchev–Trinajstić information content (AvgIpc) is 2.38. The molecule has 1 aliphatic heterocycles. The highest BCUT2D eigenvalue weighted by Gasteiger charge is 2.38. The van der Waals surface area contributed by atoms with Crippen LogP contribution in [0.25, 0.3) is 0 Å². The summed E-state index contributed by atoms with van der Waals surface area (Å²) < 4.78 is 5.07. The first-order valence-corrected chi connectivity index (χ1v) is 7.57. The molecule has 1 aliphatic rings. The van der Waals surface area contributed by atoms with Gasteiger partial charge in [-0.25, -0.2) is 4.79 Å².